The number of halogens is 3. The zero-order chi connectivity index (χ0) is 11.8. The first-order valence-corrected chi connectivity index (χ1v) is 4.06. The molecule has 0 aromatic heterocycles. The van der Waals surface area contributed by atoms with Crippen LogP contribution in [0.2, 0.25) is 0 Å². The second-order valence-electron chi connectivity index (χ2n) is 3.16. The summed E-state index contributed by atoms with van der Waals surface area (Å²) in [5.74, 6) is -1.42. The molecule has 0 aliphatic rings. The Morgan fingerprint density at radius 3 is 2.33 bits per heavy atom. The van der Waals surface area contributed by atoms with Crippen molar-refractivity contribution >= 4 is 24.1 Å². The molecule has 0 amide bonds. The smallest absolute Gasteiger partial charge is 0.478 e. The fourth-order valence-electron chi connectivity index (χ4n) is 1.32. The summed E-state index contributed by atoms with van der Waals surface area (Å²) in [7, 11) is 0. The van der Waals surface area contributed by atoms with Crippen molar-refractivity contribution in [3.05, 3.63) is 23.3 Å². The summed E-state index contributed by atoms with van der Waals surface area (Å²) in [4.78, 5) is 10.6. The Morgan fingerprint density at radius 1 is 1.40 bits per heavy atom. The highest BCUT2D eigenvalue weighted by Crippen LogP contribution is 2.18. The molecule has 1 aromatic rings. The molecule has 0 heterocycles. The molecule has 0 unspecified atom stereocenters. The molecule has 0 saturated heterocycles. The van der Waals surface area contributed by atoms with Crippen LogP contribution in [0.25, 0.3) is 0 Å². The zero-order valence-electron chi connectivity index (χ0n) is 7.80. The van der Waals surface area contributed by atoms with Crippen LogP contribution in [0.3, 0.4) is 0 Å². The van der Waals surface area contributed by atoms with Crippen LogP contribution in [0.4, 0.5) is 18.6 Å². The molecule has 0 spiro atoms. The fourth-order valence-corrected chi connectivity index (χ4v) is 1.32. The third-order valence-electron chi connectivity index (χ3n) is 2.05. The molecular formula is C8H8BF3NO2-. The van der Waals surface area contributed by atoms with Gasteiger partial charge in [0.05, 0.1) is 5.56 Å². The van der Waals surface area contributed by atoms with Crippen LogP contribution in [-0.2, 0) is 0 Å². The molecule has 82 valence electrons. The maximum atomic E-state index is 12.5. The normalized spacial score (nSPS) is 11.5. The Kier molecular flexibility index (Phi) is 2.66. The minimum Gasteiger partial charge on any atom is -0.478 e. The summed E-state index contributed by atoms with van der Waals surface area (Å²) in [6.07, 6.45) is 0. The summed E-state index contributed by atoms with van der Waals surface area (Å²) in [6.45, 7) is -4.12. The van der Waals surface area contributed by atoms with Crippen LogP contribution in [0, 0.1) is 6.92 Å². The van der Waals surface area contributed by atoms with Crippen LogP contribution in [-0.4, -0.2) is 18.1 Å². The predicted molar refractivity (Wildman–Crippen MR) is 51.3 cm³/mol. The van der Waals surface area contributed by atoms with Crippen molar-refractivity contribution in [1.29, 1.82) is 0 Å². The summed E-state index contributed by atoms with van der Waals surface area (Å²) >= 11 is 0. The lowest BCUT2D eigenvalue weighted by Gasteiger charge is -2.19. The highest BCUT2D eigenvalue weighted by molar-refractivity contribution is 6.74. The lowest BCUT2D eigenvalue weighted by atomic mass is 9.75. The molecule has 3 N–H and O–H groups in total. The molecule has 3 nitrogen and oxygen atoms in total. The number of carboxylic acid groups (broad SMARTS) is 1. The number of benzene rings is 1. The average Bonchev–Trinajstić information content (AvgIpc) is 2.06. The van der Waals surface area contributed by atoms with Crippen molar-refractivity contribution in [2.24, 2.45) is 0 Å². The second-order valence-corrected chi connectivity index (χ2v) is 3.16. The highest BCUT2D eigenvalue weighted by Gasteiger charge is 2.29. The van der Waals surface area contributed by atoms with Crippen molar-refractivity contribution in [2.75, 3.05) is 5.73 Å². The SMILES string of the molecule is Cc1c(C(=O)O)cc(N)cc1[B-](F)(F)F. The van der Waals surface area contributed by atoms with E-state index in [4.69, 9.17) is 10.8 Å². The van der Waals surface area contributed by atoms with E-state index < -0.39 is 24.0 Å². The van der Waals surface area contributed by atoms with E-state index in [1.54, 1.807) is 0 Å². The summed E-state index contributed by atoms with van der Waals surface area (Å²) < 4.78 is 37.5. The van der Waals surface area contributed by atoms with E-state index >= 15 is 0 Å². The Balaban J connectivity index is 3.49. The zero-order valence-corrected chi connectivity index (χ0v) is 7.80. The van der Waals surface area contributed by atoms with Crippen LogP contribution >= 0.6 is 0 Å². The van der Waals surface area contributed by atoms with Crippen molar-refractivity contribution in [2.45, 2.75) is 6.92 Å². The largest absolute Gasteiger partial charge is 0.509 e. The minimum absolute atomic E-state index is 0.202. The molecule has 1 aromatic carbocycles. The maximum absolute atomic E-state index is 12.5. The van der Waals surface area contributed by atoms with Gasteiger partial charge in [0, 0.05) is 5.69 Å². The summed E-state index contributed by atoms with van der Waals surface area (Å²) in [5.41, 5.74) is 3.34. The quantitative estimate of drug-likeness (QED) is 0.581. The van der Waals surface area contributed by atoms with Gasteiger partial charge in [-0.1, -0.05) is 11.6 Å². The van der Waals surface area contributed by atoms with E-state index in [1.165, 1.54) is 0 Å². The molecule has 7 heteroatoms. The van der Waals surface area contributed by atoms with Crippen molar-refractivity contribution in [3.63, 3.8) is 0 Å². The molecule has 0 atom stereocenters. The number of hydrogen-bond donors (Lipinski definition) is 2. The maximum Gasteiger partial charge on any atom is 0.509 e. The Labute approximate surface area is 83.8 Å². The predicted octanol–water partition coefficient (Wildman–Crippen LogP) is 1.33. The van der Waals surface area contributed by atoms with Gasteiger partial charge < -0.3 is 23.8 Å². The average molecular weight is 218 g/mol. The Bertz CT molecular complexity index is 417. The third kappa shape index (κ3) is 2.23. The number of anilines is 1. The fraction of sp³-hybridized carbons (Fsp3) is 0.125. The van der Waals surface area contributed by atoms with Crippen molar-refractivity contribution < 1.29 is 22.8 Å². The van der Waals surface area contributed by atoms with E-state index in [9.17, 15) is 17.7 Å². The molecule has 0 aliphatic carbocycles. The molecule has 1 rings (SSSR count). The lowest BCUT2D eigenvalue weighted by Crippen LogP contribution is -2.37. The monoisotopic (exact) mass is 218 g/mol. The third-order valence-corrected chi connectivity index (χ3v) is 2.05. The molecule has 0 aliphatic heterocycles. The number of carboxylic acids is 1. The van der Waals surface area contributed by atoms with Gasteiger partial charge in [0.1, 0.15) is 0 Å². The highest BCUT2D eigenvalue weighted by atomic mass is 19.4. The van der Waals surface area contributed by atoms with Crippen LogP contribution in [0.1, 0.15) is 15.9 Å². The standard InChI is InChI=1S/C8H8BF3NO2/c1-4-6(8(14)15)2-5(13)3-7(4)9(10,11)12/h2-3H,13H2,1H3,(H,14,15)/q-1. The van der Waals surface area contributed by atoms with Crippen LogP contribution in [0.15, 0.2) is 12.1 Å². The van der Waals surface area contributed by atoms with Crippen LogP contribution in [0.5, 0.6) is 0 Å². The molecule has 15 heavy (non-hydrogen) atoms. The summed E-state index contributed by atoms with van der Waals surface area (Å²) in [6, 6.07) is 1.77. The minimum atomic E-state index is -5.24. The van der Waals surface area contributed by atoms with Crippen LogP contribution < -0.4 is 11.2 Å². The second kappa shape index (κ2) is 3.49. The van der Waals surface area contributed by atoms with Gasteiger partial charge in [0.2, 0.25) is 0 Å². The van der Waals surface area contributed by atoms with E-state index in [-0.39, 0.29) is 11.3 Å². The molecule has 0 radical (unpaired) electrons. The van der Waals surface area contributed by atoms with Gasteiger partial charge in [-0.15, -0.1) is 5.46 Å². The molecular weight excluding hydrogens is 210 g/mol. The van der Waals surface area contributed by atoms with E-state index in [1.807, 2.05) is 0 Å². The van der Waals surface area contributed by atoms with E-state index in [0.717, 1.165) is 19.1 Å². The van der Waals surface area contributed by atoms with Gasteiger partial charge in [-0.2, -0.15) is 0 Å². The number of carbonyl (C=O) groups is 1. The Morgan fingerprint density at radius 2 is 1.93 bits per heavy atom. The number of rotatable bonds is 2. The van der Waals surface area contributed by atoms with Gasteiger partial charge in [0.25, 0.3) is 0 Å². The van der Waals surface area contributed by atoms with Crippen molar-refractivity contribution in [1.82, 2.24) is 0 Å². The first-order valence-electron chi connectivity index (χ1n) is 4.06. The van der Waals surface area contributed by atoms with Gasteiger partial charge in [-0.3, -0.25) is 0 Å². The Hall–Kier alpha value is -1.66. The molecule has 0 bridgehead atoms. The van der Waals surface area contributed by atoms with Gasteiger partial charge in [-0.05, 0) is 13.0 Å². The van der Waals surface area contributed by atoms with E-state index in [0.29, 0.717) is 0 Å². The topological polar surface area (TPSA) is 63.3 Å². The number of nitrogens with two attached hydrogens (primary N) is 1. The molecule has 0 fully saturated rings. The first-order chi connectivity index (χ1) is 6.73. The van der Waals surface area contributed by atoms with Gasteiger partial charge in [0.15, 0.2) is 0 Å². The lowest BCUT2D eigenvalue weighted by molar-refractivity contribution is 0.0696. The van der Waals surface area contributed by atoms with Gasteiger partial charge >= 0.3 is 12.9 Å². The first kappa shape index (κ1) is 11.4. The number of nitrogen functional groups attached to an aromatic ring is 1. The van der Waals surface area contributed by atoms with Gasteiger partial charge in [-0.25, -0.2) is 4.79 Å². The number of hydrogen-bond acceptors (Lipinski definition) is 2. The molecule has 0 saturated carbocycles. The summed E-state index contributed by atoms with van der Waals surface area (Å²) in [5, 5.41) is 8.66. The van der Waals surface area contributed by atoms with Crippen molar-refractivity contribution in [3.8, 4) is 0 Å². The van der Waals surface area contributed by atoms with E-state index in [2.05, 4.69) is 0 Å². The number of aromatic carboxylic acids is 1.